The fourth-order valence-corrected chi connectivity index (χ4v) is 1.90. The fraction of sp³-hybridized carbons (Fsp3) is 0.462. The molecule has 0 bridgehead atoms. The molecule has 0 saturated carbocycles. The maximum absolute atomic E-state index is 4.04. The van der Waals surface area contributed by atoms with Crippen molar-refractivity contribution in [2.24, 2.45) is 5.41 Å². The maximum Gasteiger partial charge on any atom is 0.0273 e. The highest BCUT2D eigenvalue weighted by molar-refractivity contribution is 5.65. The van der Waals surface area contributed by atoms with Gasteiger partial charge in [-0.3, -0.25) is 4.98 Å². The van der Waals surface area contributed by atoms with Crippen LogP contribution in [0, 0.1) is 5.41 Å². The van der Waals surface area contributed by atoms with Gasteiger partial charge in [-0.1, -0.05) is 19.9 Å². The average molecular weight is 187 g/mol. The van der Waals surface area contributed by atoms with E-state index in [9.17, 15) is 0 Å². The summed E-state index contributed by atoms with van der Waals surface area (Å²) in [6, 6.07) is 4.20. The van der Waals surface area contributed by atoms with Crippen molar-refractivity contribution in [1.29, 1.82) is 0 Å². The molecule has 0 fully saturated rings. The number of hydrogen-bond donors (Lipinski definition) is 0. The van der Waals surface area contributed by atoms with Gasteiger partial charge in [0.1, 0.15) is 0 Å². The molecular formula is C13H17N. The van der Waals surface area contributed by atoms with Crippen molar-refractivity contribution < 1.29 is 0 Å². The predicted molar refractivity (Wildman–Crippen MR) is 59.8 cm³/mol. The van der Waals surface area contributed by atoms with Gasteiger partial charge < -0.3 is 0 Å². The summed E-state index contributed by atoms with van der Waals surface area (Å²) in [7, 11) is 0. The summed E-state index contributed by atoms with van der Waals surface area (Å²) in [5.41, 5.74) is 3.33. The van der Waals surface area contributed by atoms with E-state index in [2.05, 4.69) is 37.0 Å². The van der Waals surface area contributed by atoms with Crippen molar-refractivity contribution in [2.45, 2.75) is 33.1 Å². The Hall–Kier alpha value is -1.11. The molecule has 0 amide bonds. The lowest BCUT2D eigenvalue weighted by Gasteiger charge is -2.28. The van der Waals surface area contributed by atoms with Crippen LogP contribution >= 0.6 is 0 Å². The summed E-state index contributed by atoms with van der Waals surface area (Å²) < 4.78 is 0. The lowest BCUT2D eigenvalue weighted by atomic mass is 9.77. The molecule has 1 aromatic heterocycles. The summed E-state index contributed by atoms with van der Waals surface area (Å²) in [5.74, 6) is 0. The molecule has 1 aliphatic carbocycles. The van der Waals surface area contributed by atoms with Gasteiger partial charge in [-0.2, -0.15) is 0 Å². The van der Waals surface area contributed by atoms with E-state index in [4.69, 9.17) is 0 Å². The van der Waals surface area contributed by atoms with E-state index in [1.807, 2.05) is 12.4 Å². The standard InChI is InChI=1S/C13H17N/c1-13(2)7-3-11(4-8-13)12-5-9-14-10-6-12/h3,5-6,9-10H,4,7-8H2,1-2H3. The minimum absolute atomic E-state index is 0.497. The number of allylic oxidation sites excluding steroid dienone is 2. The van der Waals surface area contributed by atoms with E-state index in [1.54, 1.807) is 0 Å². The van der Waals surface area contributed by atoms with Crippen molar-refractivity contribution >= 4 is 5.57 Å². The molecule has 1 aliphatic rings. The largest absolute Gasteiger partial charge is 0.265 e. The summed E-state index contributed by atoms with van der Waals surface area (Å²) in [5, 5.41) is 0. The molecule has 1 nitrogen and oxygen atoms in total. The third-order valence-corrected chi connectivity index (χ3v) is 3.02. The van der Waals surface area contributed by atoms with Crippen LogP contribution in [0.2, 0.25) is 0 Å². The third kappa shape index (κ3) is 2.03. The van der Waals surface area contributed by atoms with Crippen LogP contribution in [0.4, 0.5) is 0 Å². The number of aromatic nitrogens is 1. The lowest BCUT2D eigenvalue weighted by molar-refractivity contribution is 0.335. The SMILES string of the molecule is CC1(C)CC=C(c2ccncc2)CC1. The predicted octanol–water partition coefficient (Wildman–Crippen LogP) is 3.68. The molecule has 0 unspecified atom stereocenters. The first-order chi connectivity index (χ1) is 6.67. The molecule has 2 rings (SSSR count). The Labute approximate surface area is 85.9 Å². The monoisotopic (exact) mass is 187 g/mol. The molecule has 0 saturated heterocycles. The Morgan fingerprint density at radius 2 is 1.93 bits per heavy atom. The van der Waals surface area contributed by atoms with E-state index >= 15 is 0 Å². The van der Waals surface area contributed by atoms with Gasteiger partial charge >= 0.3 is 0 Å². The Balaban J connectivity index is 2.19. The Kier molecular flexibility index (Phi) is 2.40. The minimum Gasteiger partial charge on any atom is -0.265 e. The quantitative estimate of drug-likeness (QED) is 0.653. The van der Waals surface area contributed by atoms with Gasteiger partial charge in [0.2, 0.25) is 0 Å². The Morgan fingerprint density at radius 1 is 1.21 bits per heavy atom. The van der Waals surface area contributed by atoms with Crippen LogP contribution in [-0.2, 0) is 0 Å². The second kappa shape index (κ2) is 3.56. The van der Waals surface area contributed by atoms with Crippen LogP contribution < -0.4 is 0 Å². The molecular weight excluding hydrogens is 170 g/mol. The van der Waals surface area contributed by atoms with Crippen molar-refractivity contribution in [3.05, 3.63) is 36.2 Å². The second-order valence-electron chi connectivity index (χ2n) is 4.83. The number of nitrogens with zero attached hydrogens (tertiary/aromatic N) is 1. The van der Waals surface area contributed by atoms with Gasteiger partial charge in [-0.25, -0.2) is 0 Å². The number of hydrogen-bond acceptors (Lipinski definition) is 1. The molecule has 0 spiro atoms. The van der Waals surface area contributed by atoms with Crippen LogP contribution in [0.15, 0.2) is 30.6 Å². The zero-order valence-corrected chi connectivity index (χ0v) is 8.96. The molecule has 1 heteroatoms. The molecule has 0 aromatic carbocycles. The van der Waals surface area contributed by atoms with Crippen LogP contribution in [0.3, 0.4) is 0 Å². The highest BCUT2D eigenvalue weighted by Gasteiger charge is 2.21. The van der Waals surface area contributed by atoms with Crippen molar-refractivity contribution in [3.63, 3.8) is 0 Å². The van der Waals surface area contributed by atoms with Crippen molar-refractivity contribution in [3.8, 4) is 0 Å². The maximum atomic E-state index is 4.04. The first-order valence-electron chi connectivity index (χ1n) is 5.27. The van der Waals surface area contributed by atoms with Gasteiger partial charge in [0.25, 0.3) is 0 Å². The third-order valence-electron chi connectivity index (χ3n) is 3.02. The normalized spacial score (nSPS) is 20.3. The van der Waals surface area contributed by atoms with Crippen LogP contribution in [0.25, 0.3) is 5.57 Å². The summed E-state index contributed by atoms with van der Waals surface area (Å²) >= 11 is 0. The van der Waals surface area contributed by atoms with E-state index < -0.39 is 0 Å². The minimum atomic E-state index is 0.497. The fourth-order valence-electron chi connectivity index (χ4n) is 1.90. The van der Waals surface area contributed by atoms with Gasteiger partial charge in [-0.15, -0.1) is 0 Å². The van der Waals surface area contributed by atoms with E-state index in [-0.39, 0.29) is 0 Å². The van der Waals surface area contributed by atoms with Crippen LogP contribution in [0.1, 0.15) is 38.7 Å². The molecule has 1 heterocycles. The molecule has 74 valence electrons. The molecule has 0 atom stereocenters. The number of rotatable bonds is 1. The molecule has 0 radical (unpaired) electrons. The number of pyridine rings is 1. The smallest absolute Gasteiger partial charge is 0.0273 e. The first-order valence-corrected chi connectivity index (χ1v) is 5.27. The molecule has 0 N–H and O–H groups in total. The highest BCUT2D eigenvalue weighted by atomic mass is 14.6. The van der Waals surface area contributed by atoms with Gasteiger partial charge in [-0.05, 0) is 47.9 Å². The average Bonchev–Trinajstić information content (AvgIpc) is 2.19. The van der Waals surface area contributed by atoms with Crippen LogP contribution in [-0.4, -0.2) is 4.98 Å². The molecule has 0 aliphatic heterocycles. The van der Waals surface area contributed by atoms with E-state index in [0.717, 1.165) is 0 Å². The van der Waals surface area contributed by atoms with Crippen molar-refractivity contribution in [2.75, 3.05) is 0 Å². The van der Waals surface area contributed by atoms with E-state index in [0.29, 0.717) is 5.41 Å². The van der Waals surface area contributed by atoms with Gasteiger partial charge in [0.15, 0.2) is 0 Å². The Morgan fingerprint density at radius 3 is 2.50 bits per heavy atom. The summed E-state index contributed by atoms with van der Waals surface area (Å²) in [6.07, 6.45) is 9.83. The van der Waals surface area contributed by atoms with Crippen LogP contribution in [0.5, 0.6) is 0 Å². The summed E-state index contributed by atoms with van der Waals surface area (Å²) in [4.78, 5) is 4.04. The topological polar surface area (TPSA) is 12.9 Å². The second-order valence-corrected chi connectivity index (χ2v) is 4.83. The van der Waals surface area contributed by atoms with Gasteiger partial charge in [0, 0.05) is 12.4 Å². The first kappa shape index (κ1) is 9.45. The lowest BCUT2D eigenvalue weighted by Crippen LogP contribution is -2.13. The summed E-state index contributed by atoms with van der Waals surface area (Å²) in [6.45, 7) is 4.68. The molecule has 1 aromatic rings. The van der Waals surface area contributed by atoms with Crippen molar-refractivity contribution in [1.82, 2.24) is 4.98 Å². The van der Waals surface area contributed by atoms with E-state index in [1.165, 1.54) is 30.4 Å². The zero-order chi connectivity index (χ0) is 10.0. The Bertz CT molecular complexity index is 336. The van der Waals surface area contributed by atoms with Gasteiger partial charge in [0.05, 0.1) is 0 Å². The molecule has 14 heavy (non-hydrogen) atoms. The highest BCUT2D eigenvalue weighted by Crippen LogP contribution is 2.37. The zero-order valence-electron chi connectivity index (χ0n) is 8.96.